The van der Waals surface area contributed by atoms with E-state index in [1.165, 1.54) is 25.7 Å². The zero-order chi connectivity index (χ0) is 17.4. The Labute approximate surface area is 141 Å². The van der Waals surface area contributed by atoms with E-state index in [4.69, 9.17) is 0 Å². The van der Waals surface area contributed by atoms with Gasteiger partial charge in [-0.3, -0.25) is 9.59 Å². The van der Waals surface area contributed by atoms with Crippen molar-refractivity contribution in [2.24, 2.45) is 5.92 Å². The fourth-order valence-electron chi connectivity index (χ4n) is 3.05. The highest BCUT2D eigenvalue weighted by atomic mass is 16.4. The second-order valence-corrected chi connectivity index (χ2v) is 6.22. The number of carboxylic acid groups (broad SMARTS) is 1. The molecule has 1 aromatic rings. The van der Waals surface area contributed by atoms with Crippen LogP contribution in [0.2, 0.25) is 0 Å². The van der Waals surface area contributed by atoms with Crippen molar-refractivity contribution in [2.75, 3.05) is 6.54 Å². The third-order valence-electron chi connectivity index (χ3n) is 4.39. The van der Waals surface area contributed by atoms with Crippen molar-refractivity contribution < 1.29 is 19.5 Å². The summed E-state index contributed by atoms with van der Waals surface area (Å²) in [6.45, 7) is -0.208. The van der Waals surface area contributed by atoms with E-state index < -0.39 is 17.9 Å². The molecule has 24 heavy (non-hydrogen) atoms. The molecule has 6 nitrogen and oxygen atoms in total. The van der Waals surface area contributed by atoms with Gasteiger partial charge in [0.2, 0.25) is 11.8 Å². The van der Waals surface area contributed by atoms with E-state index in [0.717, 1.165) is 6.42 Å². The number of hydrogen-bond acceptors (Lipinski definition) is 3. The van der Waals surface area contributed by atoms with Crippen LogP contribution in [-0.4, -0.2) is 29.4 Å². The second-order valence-electron chi connectivity index (χ2n) is 6.22. The number of nitrogens with one attached hydrogen (secondary N) is 2. The second kappa shape index (κ2) is 9.05. The zero-order valence-corrected chi connectivity index (χ0v) is 13.7. The molecule has 0 aromatic heterocycles. The number of rotatable bonds is 8. The summed E-state index contributed by atoms with van der Waals surface area (Å²) in [5.74, 6) is -1.19. The summed E-state index contributed by atoms with van der Waals surface area (Å²) < 4.78 is 0. The Morgan fingerprint density at radius 1 is 1.08 bits per heavy atom. The summed E-state index contributed by atoms with van der Waals surface area (Å²) in [5.41, 5.74) is 0.492. The molecular formula is C18H24N2O4. The molecule has 0 saturated heterocycles. The quantitative estimate of drug-likeness (QED) is 0.678. The Kier molecular flexibility index (Phi) is 6.78. The van der Waals surface area contributed by atoms with E-state index in [1.807, 2.05) is 0 Å². The van der Waals surface area contributed by atoms with Gasteiger partial charge in [-0.25, -0.2) is 4.79 Å². The van der Waals surface area contributed by atoms with Gasteiger partial charge in [0.1, 0.15) is 0 Å². The predicted octanol–water partition coefficient (Wildman–Crippen LogP) is 2.02. The van der Waals surface area contributed by atoms with Crippen molar-refractivity contribution in [3.63, 3.8) is 0 Å². The van der Waals surface area contributed by atoms with Crippen LogP contribution in [0.1, 0.15) is 50.1 Å². The van der Waals surface area contributed by atoms with E-state index in [2.05, 4.69) is 10.6 Å². The van der Waals surface area contributed by atoms with Gasteiger partial charge in [-0.15, -0.1) is 0 Å². The van der Waals surface area contributed by atoms with Crippen molar-refractivity contribution in [1.29, 1.82) is 0 Å². The Morgan fingerprint density at radius 2 is 1.75 bits per heavy atom. The monoisotopic (exact) mass is 332 g/mol. The molecule has 0 radical (unpaired) electrons. The average Bonchev–Trinajstić information content (AvgIpc) is 3.10. The molecule has 130 valence electrons. The van der Waals surface area contributed by atoms with E-state index in [1.54, 1.807) is 30.3 Å². The standard InChI is InChI=1S/C18H24N2O4/c21-15(11-10-13-6-4-5-7-13)19-12-16(22)20-17(18(23)24)14-8-2-1-3-9-14/h1-3,8-9,13,17H,4-7,10-12H2,(H,19,21)(H,20,22)(H,23,24)/t17-/m1/s1. The maximum absolute atomic E-state index is 11.9. The number of carbonyl (C=O) groups is 3. The number of amides is 2. The van der Waals surface area contributed by atoms with Crippen LogP contribution in [0.4, 0.5) is 0 Å². The number of carboxylic acids is 1. The first-order chi connectivity index (χ1) is 11.6. The van der Waals surface area contributed by atoms with E-state index in [9.17, 15) is 19.5 Å². The summed E-state index contributed by atoms with van der Waals surface area (Å²) in [6.07, 6.45) is 6.12. The molecule has 1 atom stereocenters. The molecule has 1 aliphatic carbocycles. The maximum atomic E-state index is 11.9. The summed E-state index contributed by atoms with van der Waals surface area (Å²) in [6, 6.07) is 7.35. The molecule has 1 fully saturated rings. The third-order valence-corrected chi connectivity index (χ3v) is 4.39. The lowest BCUT2D eigenvalue weighted by atomic mass is 10.0. The van der Waals surface area contributed by atoms with Crippen LogP contribution in [0.3, 0.4) is 0 Å². The minimum absolute atomic E-state index is 0.163. The van der Waals surface area contributed by atoms with E-state index >= 15 is 0 Å². The average molecular weight is 332 g/mol. The van der Waals surface area contributed by atoms with Gasteiger partial charge in [0, 0.05) is 6.42 Å². The number of carbonyl (C=O) groups excluding carboxylic acids is 2. The van der Waals surface area contributed by atoms with Crippen LogP contribution in [-0.2, 0) is 14.4 Å². The van der Waals surface area contributed by atoms with Crippen molar-refractivity contribution in [3.05, 3.63) is 35.9 Å². The fourth-order valence-corrected chi connectivity index (χ4v) is 3.05. The van der Waals surface area contributed by atoms with Gasteiger partial charge in [-0.1, -0.05) is 56.0 Å². The minimum Gasteiger partial charge on any atom is -0.479 e. The van der Waals surface area contributed by atoms with Gasteiger partial charge in [0.15, 0.2) is 6.04 Å². The van der Waals surface area contributed by atoms with Crippen LogP contribution in [0.25, 0.3) is 0 Å². The summed E-state index contributed by atoms with van der Waals surface area (Å²) in [5, 5.41) is 14.2. The van der Waals surface area contributed by atoms with Crippen LogP contribution >= 0.6 is 0 Å². The molecule has 1 saturated carbocycles. The number of benzene rings is 1. The zero-order valence-electron chi connectivity index (χ0n) is 13.7. The molecule has 1 aromatic carbocycles. The SMILES string of the molecule is O=C(CCC1CCCC1)NCC(=O)N[C@@H](C(=O)O)c1ccccc1. The molecule has 2 amide bonds. The van der Waals surface area contributed by atoms with Gasteiger partial charge in [0.25, 0.3) is 0 Å². The third kappa shape index (κ3) is 5.68. The molecule has 0 unspecified atom stereocenters. The Hall–Kier alpha value is -2.37. The smallest absolute Gasteiger partial charge is 0.330 e. The minimum atomic E-state index is -1.14. The lowest BCUT2D eigenvalue weighted by Crippen LogP contribution is -2.41. The summed E-state index contributed by atoms with van der Waals surface area (Å²) >= 11 is 0. The molecule has 0 spiro atoms. The maximum Gasteiger partial charge on any atom is 0.330 e. The topological polar surface area (TPSA) is 95.5 Å². The van der Waals surface area contributed by atoms with Gasteiger partial charge < -0.3 is 15.7 Å². The van der Waals surface area contributed by atoms with Crippen molar-refractivity contribution in [1.82, 2.24) is 10.6 Å². The van der Waals surface area contributed by atoms with Crippen molar-refractivity contribution in [3.8, 4) is 0 Å². The van der Waals surface area contributed by atoms with Gasteiger partial charge >= 0.3 is 5.97 Å². The van der Waals surface area contributed by atoms with Crippen LogP contribution in [0, 0.1) is 5.92 Å². The highest BCUT2D eigenvalue weighted by molar-refractivity contribution is 5.88. The normalized spacial score (nSPS) is 15.7. The highest BCUT2D eigenvalue weighted by Gasteiger charge is 2.22. The van der Waals surface area contributed by atoms with Crippen molar-refractivity contribution in [2.45, 2.75) is 44.6 Å². The first-order valence-corrected chi connectivity index (χ1v) is 8.40. The first-order valence-electron chi connectivity index (χ1n) is 8.40. The Balaban J connectivity index is 1.74. The van der Waals surface area contributed by atoms with Crippen LogP contribution in [0.15, 0.2) is 30.3 Å². The molecule has 2 rings (SSSR count). The first kappa shape index (κ1) is 18.0. The van der Waals surface area contributed by atoms with E-state index in [0.29, 0.717) is 17.9 Å². The molecular weight excluding hydrogens is 308 g/mol. The van der Waals surface area contributed by atoms with Gasteiger partial charge in [-0.05, 0) is 17.9 Å². The van der Waals surface area contributed by atoms with Crippen LogP contribution in [0.5, 0.6) is 0 Å². The van der Waals surface area contributed by atoms with E-state index in [-0.39, 0.29) is 12.5 Å². The molecule has 6 heteroatoms. The summed E-state index contributed by atoms with van der Waals surface area (Å²) in [4.78, 5) is 35.0. The number of aliphatic carboxylic acids is 1. The largest absolute Gasteiger partial charge is 0.479 e. The molecule has 1 aliphatic rings. The van der Waals surface area contributed by atoms with Crippen LogP contribution < -0.4 is 10.6 Å². The van der Waals surface area contributed by atoms with Gasteiger partial charge in [0.05, 0.1) is 6.54 Å². The lowest BCUT2D eigenvalue weighted by molar-refractivity contribution is -0.141. The Bertz CT molecular complexity index is 568. The fraction of sp³-hybridized carbons (Fsp3) is 0.500. The molecule has 0 heterocycles. The lowest BCUT2D eigenvalue weighted by Gasteiger charge is -2.15. The van der Waals surface area contributed by atoms with Gasteiger partial charge in [-0.2, -0.15) is 0 Å². The molecule has 0 bridgehead atoms. The molecule has 0 aliphatic heterocycles. The summed E-state index contributed by atoms with van der Waals surface area (Å²) in [7, 11) is 0. The highest BCUT2D eigenvalue weighted by Crippen LogP contribution is 2.28. The Morgan fingerprint density at radius 3 is 2.38 bits per heavy atom. The predicted molar refractivity (Wildman–Crippen MR) is 89.2 cm³/mol. The molecule has 3 N–H and O–H groups in total. The number of hydrogen-bond donors (Lipinski definition) is 3. The van der Waals surface area contributed by atoms with Crippen molar-refractivity contribution >= 4 is 17.8 Å².